The number of amides is 2. The molecule has 0 saturated carbocycles. The number of aromatic nitrogens is 4. The molecule has 1 aliphatic heterocycles. The van der Waals surface area contributed by atoms with Gasteiger partial charge in [0, 0.05) is 36.0 Å². The highest BCUT2D eigenvalue weighted by Gasteiger charge is 2.25. The molecule has 11 heteroatoms. The van der Waals surface area contributed by atoms with E-state index in [0.717, 1.165) is 22.7 Å². The van der Waals surface area contributed by atoms with Gasteiger partial charge in [-0.05, 0) is 41.9 Å². The van der Waals surface area contributed by atoms with Crippen molar-refractivity contribution in [2.45, 2.75) is 19.9 Å². The number of halogens is 1. The van der Waals surface area contributed by atoms with Gasteiger partial charge in [0.2, 0.25) is 0 Å². The van der Waals surface area contributed by atoms with Crippen LogP contribution in [0.5, 0.6) is 0 Å². The molecule has 1 fully saturated rings. The smallest absolute Gasteiger partial charge is 0.350 e. The summed E-state index contributed by atoms with van der Waals surface area (Å²) in [5.41, 5.74) is 1.16. The molecule has 4 aromatic rings. The van der Waals surface area contributed by atoms with Crippen molar-refractivity contribution in [3.63, 3.8) is 0 Å². The molecule has 1 aromatic carbocycles. The van der Waals surface area contributed by atoms with Gasteiger partial charge in [0.1, 0.15) is 23.5 Å². The Kier molecular flexibility index (Phi) is 5.17. The molecule has 0 bridgehead atoms. The number of hydrogen-bond acceptors (Lipinski definition) is 7. The molecule has 5 rings (SSSR count). The number of aryl methyl sites for hydroxylation is 1. The van der Waals surface area contributed by atoms with Crippen molar-refractivity contribution in [3.05, 3.63) is 70.0 Å². The summed E-state index contributed by atoms with van der Waals surface area (Å²) >= 11 is 0.788. The third-order valence-electron chi connectivity index (χ3n) is 5.04. The lowest BCUT2D eigenvalue weighted by Crippen LogP contribution is -2.24. The number of imide groups is 1. The largest absolute Gasteiger partial charge is 0.456 e. The molecule has 0 radical (unpaired) electrons. The molecule has 166 valence electrons. The van der Waals surface area contributed by atoms with Crippen molar-refractivity contribution in [2.24, 2.45) is 0 Å². The Morgan fingerprint density at radius 3 is 2.79 bits per heavy atom. The Hall–Kier alpha value is -3.99. The molecule has 1 aliphatic rings. The summed E-state index contributed by atoms with van der Waals surface area (Å²) < 4.78 is 23.4. The Labute approximate surface area is 189 Å². The van der Waals surface area contributed by atoms with Crippen LogP contribution in [-0.2, 0) is 11.3 Å². The third-order valence-corrected chi connectivity index (χ3v) is 5.85. The highest BCUT2D eigenvalue weighted by molar-refractivity contribution is 8.18. The zero-order chi connectivity index (χ0) is 23.1. The molecule has 1 saturated heterocycles. The molecule has 0 unspecified atom stereocenters. The van der Waals surface area contributed by atoms with Crippen LogP contribution in [0.15, 0.2) is 57.1 Å². The number of carbonyl (C=O) groups is 2. The van der Waals surface area contributed by atoms with Crippen molar-refractivity contribution in [2.75, 3.05) is 0 Å². The average Bonchev–Trinajstić information content (AvgIpc) is 3.45. The predicted octanol–water partition coefficient (Wildman–Crippen LogP) is 3.72. The van der Waals surface area contributed by atoms with E-state index in [1.165, 1.54) is 29.2 Å². The van der Waals surface area contributed by atoms with E-state index in [-0.39, 0.29) is 10.6 Å². The van der Waals surface area contributed by atoms with Crippen molar-refractivity contribution < 1.29 is 18.4 Å². The summed E-state index contributed by atoms with van der Waals surface area (Å²) in [6.07, 6.45) is 6.63. The molecule has 33 heavy (non-hydrogen) atoms. The van der Waals surface area contributed by atoms with E-state index in [1.54, 1.807) is 24.5 Å². The number of hydrogen-bond donors (Lipinski definition) is 1. The van der Waals surface area contributed by atoms with Gasteiger partial charge in [0.25, 0.3) is 11.1 Å². The van der Waals surface area contributed by atoms with E-state index >= 15 is 4.39 Å². The van der Waals surface area contributed by atoms with Crippen LogP contribution in [0.25, 0.3) is 33.9 Å². The first-order chi connectivity index (χ1) is 15.9. The highest BCUT2D eigenvalue weighted by Crippen LogP contribution is 2.33. The molecule has 9 nitrogen and oxygen atoms in total. The second-order valence-corrected chi connectivity index (χ2v) is 8.29. The quantitative estimate of drug-likeness (QED) is 0.447. The number of benzene rings is 1. The minimum absolute atomic E-state index is 0.0880. The number of nitrogens with zero attached hydrogens (tertiary/aromatic N) is 4. The van der Waals surface area contributed by atoms with Crippen molar-refractivity contribution in [1.29, 1.82) is 0 Å². The maximum atomic E-state index is 15.0. The lowest BCUT2D eigenvalue weighted by Gasteiger charge is -2.07. The van der Waals surface area contributed by atoms with Crippen LogP contribution in [0.3, 0.4) is 0 Å². The van der Waals surface area contributed by atoms with Crippen LogP contribution in [0.2, 0.25) is 0 Å². The van der Waals surface area contributed by atoms with Crippen LogP contribution in [0, 0.1) is 5.82 Å². The first-order valence-corrected chi connectivity index (χ1v) is 10.8. The number of carbonyl (C=O) groups excluding carboxylic acids is 2. The van der Waals surface area contributed by atoms with E-state index in [0.29, 0.717) is 34.4 Å². The zero-order valence-electron chi connectivity index (χ0n) is 17.2. The summed E-state index contributed by atoms with van der Waals surface area (Å²) in [5, 5.41) is 6.41. The van der Waals surface area contributed by atoms with Gasteiger partial charge in [-0.1, -0.05) is 13.0 Å². The second kappa shape index (κ2) is 8.17. The van der Waals surface area contributed by atoms with Crippen LogP contribution in [0.1, 0.15) is 19.1 Å². The Bertz CT molecular complexity index is 1520. The molecule has 2 amide bonds. The van der Waals surface area contributed by atoms with Crippen LogP contribution in [-0.4, -0.2) is 30.5 Å². The van der Waals surface area contributed by atoms with E-state index in [2.05, 4.69) is 15.4 Å². The number of nitrogens with one attached hydrogen (secondary N) is 1. The number of fused-ring (bicyclic) bond motifs is 1. The maximum absolute atomic E-state index is 15.0. The normalized spacial score (nSPS) is 15.0. The summed E-state index contributed by atoms with van der Waals surface area (Å²) in [4.78, 5) is 40.0. The summed E-state index contributed by atoms with van der Waals surface area (Å²) in [6.45, 7) is 2.37. The van der Waals surface area contributed by atoms with E-state index in [9.17, 15) is 14.4 Å². The van der Waals surface area contributed by atoms with Gasteiger partial charge in [-0.25, -0.2) is 18.4 Å². The monoisotopic (exact) mass is 465 g/mol. The van der Waals surface area contributed by atoms with Gasteiger partial charge < -0.3 is 4.42 Å². The zero-order valence-corrected chi connectivity index (χ0v) is 18.1. The predicted molar refractivity (Wildman–Crippen MR) is 120 cm³/mol. The molecular formula is C22H16FN5O4S. The van der Waals surface area contributed by atoms with E-state index in [4.69, 9.17) is 4.42 Å². The van der Waals surface area contributed by atoms with Gasteiger partial charge in [0.05, 0.1) is 10.6 Å². The second-order valence-electron chi connectivity index (χ2n) is 7.28. The molecule has 1 N–H and O–H groups in total. The number of rotatable bonds is 5. The lowest BCUT2D eigenvalue weighted by atomic mass is 10.1. The fourth-order valence-corrected chi connectivity index (χ4v) is 4.21. The van der Waals surface area contributed by atoms with Crippen LogP contribution < -0.4 is 11.0 Å². The molecule has 0 atom stereocenters. The maximum Gasteiger partial charge on any atom is 0.350 e. The van der Waals surface area contributed by atoms with Crippen molar-refractivity contribution in [3.8, 4) is 16.8 Å². The van der Waals surface area contributed by atoms with Gasteiger partial charge in [-0.3, -0.25) is 19.9 Å². The summed E-state index contributed by atoms with van der Waals surface area (Å²) in [5.74, 6) is -0.730. The number of pyridine rings is 1. The number of furan rings is 1. The minimum Gasteiger partial charge on any atom is -0.456 e. The topological polar surface area (TPSA) is 112 Å². The van der Waals surface area contributed by atoms with Gasteiger partial charge >= 0.3 is 5.69 Å². The highest BCUT2D eigenvalue weighted by atomic mass is 32.2. The SMILES string of the molecule is CCCn1ncn(-c2ccc(-c3cncc4cc(/C=C5\SC(=O)NC5=O)oc34)cc2F)c1=O. The molecule has 0 spiro atoms. The van der Waals surface area contributed by atoms with Crippen molar-refractivity contribution in [1.82, 2.24) is 24.6 Å². The third kappa shape index (κ3) is 3.76. The van der Waals surface area contributed by atoms with Gasteiger partial charge in [0.15, 0.2) is 0 Å². The first kappa shape index (κ1) is 20.9. The fraction of sp³-hybridized carbons (Fsp3) is 0.136. The average molecular weight is 465 g/mol. The first-order valence-electron chi connectivity index (χ1n) is 10.0. The fourth-order valence-electron chi connectivity index (χ4n) is 3.55. The summed E-state index contributed by atoms with van der Waals surface area (Å²) in [6, 6.07) is 6.15. The minimum atomic E-state index is -0.603. The Morgan fingerprint density at radius 1 is 1.21 bits per heavy atom. The van der Waals surface area contributed by atoms with Gasteiger partial charge in [-0.2, -0.15) is 5.10 Å². The number of thioether (sulfide) groups is 1. The Balaban J connectivity index is 1.53. The van der Waals surface area contributed by atoms with Gasteiger partial charge in [-0.15, -0.1) is 0 Å². The van der Waals surface area contributed by atoms with Crippen LogP contribution in [0.4, 0.5) is 9.18 Å². The lowest BCUT2D eigenvalue weighted by molar-refractivity contribution is -0.115. The molecule has 0 aliphatic carbocycles. The Morgan fingerprint density at radius 2 is 2.06 bits per heavy atom. The van der Waals surface area contributed by atoms with E-state index in [1.807, 2.05) is 6.92 Å². The standard InChI is InChI=1S/C22H16FN5O4S/c1-2-5-28-22(31)27(11-25-28)17-4-3-12(7-16(17)23)15-10-24-9-13-6-14(32-19(13)15)8-18-20(29)26-21(30)33-18/h3-4,6-11H,2,5H2,1H3,(H,26,29,30)/b18-8-. The molecule has 3 aromatic heterocycles. The van der Waals surface area contributed by atoms with Crippen molar-refractivity contribution >= 4 is 40.0 Å². The molecular weight excluding hydrogens is 449 g/mol. The van der Waals surface area contributed by atoms with Crippen LogP contribution >= 0.6 is 11.8 Å². The molecule has 4 heterocycles. The summed E-state index contributed by atoms with van der Waals surface area (Å²) in [7, 11) is 0. The van der Waals surface area contributed by atoms with E-state index < -0.39 is 22.7 Å².